The molecule has 0 spiro atoms. The molecule has 0 atom stereocenters. The molecule has 3 rings (SSSR count). The van der Waals surface area contributed by atoms with Crippen LogP contribution in [0.4, 0.5) is 0 Å². The van der Waals surface area contributed by atoms with Gasteiger partial charge in [-0.05, 0) is 38.6 Å². The first kappa shape index (κ1) is 19.9. The van der Waals surface area contributed by atoms with E-state index in [1.165, 1.54) is 17.3 Å². The van der Waals surface area contributed by atoms with Crippen molar-refractivity contribution in [2.75, 3.05) is 52.1 Å². The first-order valence-electron chi connectivity index (χ1n) is 9.53. The smallest absolute Gasteiger partial charge is 0.230 e. The monoisotopic (exact) mass is 387 g/mol. The lowest BCUT2D eigenvalue weighted by Crippen LogP contribution is -2.45. The minimum atomic E-state index is 0.0673. The summed E-state index contributed by atoms with van der Waals surface area (Å²) in [6.45, 7) is 8.39. The fourth-order valence-corrected chi connectivity index (χ4v) is 3.99. The zero-order valence-electron chi connectivity index (χ0n) is 16.2. The maximum absolute atomic E-state index is 12.2. The molecule has 6 nitrogen and oxygen atoms in total. The molecular weight excluding hydrogens is 358 g/mol. The summed E-state index contributed by atoms with van der Waals surface area (Å²) in [6.07, 6.45) is 4.72. The van der Waals surface area contributed by atoms with Gasteiger partial charge in [0.2, 0.25) is 5.91 Å². The molecule has 1 fully saturated rings. The average molecular weight is 388 g/mol. The van der Waals surface area contributed by atoms with Crippen LogP contribution in [0.15, 0.2) is 41.8 Å². The fourth-order valence-electron chi connectivity index (χ4n) is 3.20. The van der Waals surface area contributed by atoms with Gasteiger partial charge in [0.1, 0.15) is 0 Å². The van der Waals surface area contributed by atoms with Gasteiger partial charge in [-0.15, -0.1) is 0 Å². The number of carbonyl (C=O) groups is 1. The molecule has 7 heteroatoms. The Morgan fingerprint density at radius 3 is 2.78 bits per heavy atom. The van der Waals surface area contributed by atoms with Gasteiger partial charge in [-0.25, -0.2) is 4.98 Å². The second-order valence-electron chi connectivity index (χ2n) is 7.00. The summed E-state index contributed by atoms with van der Waals surface area (Å²) in [5.74, 6) is 0.454. The number of para-hydroxylation sites is 1. The Morgan fingerprint density at radius 2 is 2.00 bits per heavy atom. The molecular formula is C20H29N5OS. The van der Waals surface area contributed by atoms with Gasteiger partial charge in [0.25, 0.3) is 0 Å². The molecule has 0 saturated carbocycles. The molecule has 146 valence electrons. The predicted molar refractivity (Wildman–Crippen MR) is 111 cm³/mol. The van der Waals surface area contributed by atoms with Gasteiger partial charge < -0.3 is 15.1 Å². The molecule has 0 bridgehead atoms. The van der Waals surface area contributed by atoms with Crippen LogP contribution >= 0.6 is 11.8 Å². The van der Waals surface area contributed by atoms with Crippen LogP contribution in [0.5, 0.6) is 0 Å². The Balaban J connectivity index is 1.39. The molecule has 0 aliphatic carbocycles. The van der Waals surface area contributed by atoms with Gasteiger partial charge >= 0.3 is 0 Å². The summed E-state index contributed by atoms with van der Waals surface area (Å²) in [5.41, 5.74) is 2.29. The SMILES string of the molecule is Cc1ccccc1-n1ccnc1SCC(=O)NCCCN1CCN(C)CC1. The minimum absolute atomic E-state index is 0.0673. The summed E-state index contributed by atoms with van der Waals surface area (Å²) in [4.78, 5) is 21.4. The molecule has 1 N–H and O–H groups in total. The summed E-state index contributed by atoms with van der Waals surface area (Å²) in [7, 11) is 2.17. The van der Waals surface area contributed by atoms with Crippen molar-refractivity contribution < 1.29 is 4.79 Å². The number of hydrogen-bond acceptors (Lipinski definition) is 5. The van der Waals surface area contributed by atoms with E-state index in [4.69, 9.17) is 0 Å². The zero-order chi connectivity index (χ0) is 19.1. The van der Waals surface area contributed by atoms with E-state index in [1.54, 1.807) is 6.20 Å². The van der Waals surface area contributed by atoms with Crippen molar-refractivity contribution in [3.05, 3.63) is 42.2 Å². The van der Waals surface area contributed by atoms with Crippen LogP contribution in [0, 0.1) is 6.92 Å². The maximum Gasteiger partial charge on any atom is 0.230 e. The van der Waals surface area contributed by atoms with Crippen molar-refractivity contribution in [2.24, 2.45) is 0 Å². The highest BCUT2D eigenvalue weighted by molar-refractivity contribution is 7.99. The van der Waals surface area contributed by atoms with Gasteiger partial charge in [0.15, 0.2) is 5.16 Å². The molecule has 0 radical (unpaired) electrons. The number of piperazine rings is 1. The average Bonchev–Trinajstić information content (AvgIpc) is 3.14. The number of hydrogen-bond donors (Lipinski definition) is 1. The lowest BCUT2D eigenvalue weighted by molar-refractivity contribution is -0.118. The number of aryl methyl sites for hydroxylation is 1. The lowest BCUT2D eigenvalue weighted by Gasteiger charge is -2.32. The second kappa shape index (κ2) is 9.92. The van der Waals surface area contributed by atoms with Crippen molar-refractivity contribution in [1.29, 1.82) is 0 Å². The van der Waals surface area contributed by atoms with E-state index in [0.29, 0.717) is 5.75 Å². The predicted octanol–water partition coefficient (Wildman–Crippen LogP) is 2.03. The van der Waals surface area contributed by atoms with Crippen molar-refractivity contribution in [3.8, 4) is 5.69 Å². The van der Waals surface area contributed by atoms with Gasteiger partial charge in [-0.3, -0.25) is 9.36 Å². The molecule has 2 heterocycles. The Hall–Kier alpha value is -1.83. The number of likely N-dealkylation sites (N-methyl/N-ethyl adjacent to an activating group) is 1. The first-order valence-corrected chi connectivity index (χ1v) is 10.5. The van der Waals surface area contributed by atoms with E-state index in [2.05, 4.69) is 46.2 Å². The first-order chi connectivity index (χ1) is 13.1. The van der Waals surface area contributed by atoms with Crippen LogP contribution in [-0.2, 0) is 4.79 Å². The number of amides is 1. The van der Waals surface area contributed by atoms with E-state index in [-0.39, 0.29) is 5.91 Å². The summed E-state index contributed by atoms with van der Waals surface area (Å²) < 4.78 is 2.04. The highest BCUT2D eigenvalue weighted by Gasteiger charge is 2.13. The number of benzene rings is 1. The second-order valence-corrected chi connectivity index (χ2v) is 7.95. The van der Waals surface area contributed by atoms with Gasteiger partial charge in [0.05, 0.1) is 11.4 Å². The number of rotatable bonds is 8. The molecule has 1 aliphatic heterocycles. The van der Waals surface area contributed by atoms with Crippen molar-refractivity contribution in [1.82, 2.24) is 24.7 Å². The third-order valence-corrected chi connectivity index (χ3v) is 5.85. The summed E-state index contributed by atoms with van der Waals surface area (Å²) >= 11 is 1.48. The Bertz CT molecular complexity index is 739. The van der Waals surface area contributed by atoms with E-state index in [9.17, 15) is 4.79 Å². The molecule has 27 heavy (non-hydrogen) atoms. The number of nitrogens with one attached hydrogen (secondary N) is 1. The molecule has 1 amide bonds. The van der Waals surface area contributed by atoms with Crippen LogP contribution in [0.2, 0.25) is 0 Å². The number of carbonyl (C=O) groups excluding carboxylic acids is 1. The zero-order valence-corrected chi connectivity index (χ0v) is 17.0. The number of aromatic nitrogens is 2. The van der Waals surface area contributed by atoms with Crippen LogP contribution < -0.4 is 5.32 Å². The molecule has 1 aromatic heterocycles. The third kappa shape index (κ3) is 5.82. The van der Waals surface area contributed by atoms with E-state index in [0.717, 1.165) is 56.5 Å². The third-order valence-electron chi connectivity index (χ3n) is 4.88. The normalized spacial score (nSPS) is 15.8. The number of imidazole rings is 1. The Labute approximate surface area is 165 Å². The summed E-state index contributed by atoms with van der Waals surface area (Å²) in [5, 5.41) is 3.87. The standard InChI is InChI=1S/C20H29N5OS/c1-17-6-3-4-7-18(17)25-11-9-22-20(25)27-16-19(26)21-8-5-10-24-14-12-23(2)13-15-24/h3-4,6-7,9,11H,5,8,10,12-16H2,1-2H3,(H,21,26). The van der Waals surface area contributed by atoms with Crippen LogP contribution in [-0.4, -0.2) is 77.3 Å². The number of nitrogens with zero attached hydrogens (tertiary/aromatic N) is 4. The fraction of sp³-hybridized carbons (Fsp3) is 0.500. The van der Waals surface area contributed by atoms with E-state index >= 15 is 0 Å². The highest BCUT2D eigenvalue weighted by Crippen LogP contribution is 2.22. The van der Waals surface area contributed by atoms with Crippen LogP contribution in [0.25, 0.3) is 5.69 Å². The van der Waals surface area contributed by atoms with Gasteiger partial charge in [-0.1, -0.05) is 30.0 Å². The Morgan fingerprint density at radius 1 is 1.22 bits per heavy atom. The van der Waals surface area contributed by atoms with E-state index in [1.807, 2.05) is 22.9 Å². The molecule has 1 aliphatic rings. The van der Waals surface area contributed by atoms with Crippen molar-refractivity contribution in [3.63, 3.8) is 0 Å². The van der Waals surface area contributed by atoms with Crippen LogP contribution in [0.1, 0.15) is 12.0 Å². The molecule has 2 aromatic rings. The lowest BCUT2D eigenvalue weighted by atomic mass is 10.2. The summed E-state index contributed by atoms with van der Waals surface area (Å²) in [6, 6.07) is 8.19. The Kier molecular flexibility index (Phi) is 7.32. The molecule has 0 unspecified atom stereocenters. The van der Waals surface area contributed by atoms with E-state index < -0.39 is 0 Å². The topological polar surface area (TPSA) is 53.4 Å². The van der Waals surface area contributed by atoms with Crippen molar-refractivity contribution in [2.45, 2.75) is 18.5 Å². The maximum atomic E-state index is 12.2. The van der Waals surface area contributed by atoms with Gasteiger partial charge in [-0.2, -0.15) is 0 Å². The number of thioether (sulfide) groups is 1. The van der Waals surface area contributed by atoms with Crippen molar-refractivity contribution >= 4 is 17.7 Å². The largest absolute Gasteiger partial charge is 0.355 e. The van der Waals surface area contributed by atoms with Gasteiger partial charge in [0, 0.05) is 45.1 Å². The highest BCUT2D eigenvalue weighted by atomic mass is 32.2. The van der Waals surface area contributed by atoms with Crippen LogP contribution in [0.3, 0.4) is 0 Å². The molecule has 1 saturated heterocycles. The molecule has 1 aromatic carbocycles. The minimum Gasteiger partial charge on any atom is -0.355 e. The quantitative estimate of drug-likeness (QED) is 0.555.